The molecule has 9 heteroatoms. The average Bonchev–Trinajstić information content (AvgIpc) is 3.34. The predicted molar refractivity (Wildman–Crippen MR) is 188 cm³/mol. The van der Waals surface area contributed by atoms with Gasteiger partial charge in [-0.3, -0.25) is 4.90 Å². The average molecular weight is 664 g/mol. The second-order valence-electron chi connectivity index (χ2n) is 15.8. The molecule has 3 saturated heterocycles. The van der Waals surface area contributed by atoms with Gasteiger partial charge in [0, 0.05) is 66.1 Å². The van der Waals surface area contributed by atoms with Crippen molar-refractivity contribution in [2.45, 2.75) is 82.8 Å². The Labute approximate surface area is 286 Å². The summed E-state index contributed by atoms with van der Waals surface area (Å²) in [5, 5.41) is 16.0. The number of piperidine rings is 1. The van der Waals surface area contributed by atoms with E-state index in [1.165, 1.54) is 44.0 Å². The molecule has 0 amide bonds. The molecular formula is C40H43F2N5O2. The van der Waals surface area contributed by atoms with Gasteiger partial charge in [0.15, 0.2) is 5.82 Å². The second kappa shape index (κ2) is 11.5. The fourth-order valence-electron chi connectivity index (χ4n) is 9.37. The number of benzene rings is 3. The molecule has 5 aliphatic rings. The first-order chi connectivity index (χ1) is 23.7. The van der Waals surface area contributed by atoms with E-state index in [1.54, 1.807) is 6.07 Å². The fraction of sp³-hybridized carbons (Fsp3) is 0.500. The molecule has 254 valence electrons. The van der Waals surface area contributed by atoms with Gasteiger partial charge in [0.05, 0.1) is 12.2 Å². The number of fused-ring (bicyclic) bond motifs is 6. The number of nitrogens with one attached hydrogen (secondary N) is 1. The van der Waals surface area contributed by atoms with E-state index in [0.717, 1.165) is 51.2 Å². The van der Waals surface area contributed by atoms with Gasteiger partial charge in [-0.1, -0.05) is 25.8 Å². The van der Waals surface area contributed by atoms with Crippen molar-refractivity contribution in [2.24, 2.45) is 11.3 Å². The van der Waals surface area contributed by atoms with Crippen LogP contribution in [0, 0.1) is 35.3 Å². The zero-order valence-electron chi connectivity index (χ0n) is 28.2. The molecule has 3 aromatic carbocycles. The first-order valence-electron chi connectivity index (χ1n) is 18.0. The van der Waals surface area contributed by atoms with Gasteiger partial charge in [0.1, 0.15) is 22.9 Å². The van der Waals surface area contributed by atoms with Crippen LogP contribution >= 0.6 is 0 Å². The Bertz CT molecular complexity index is 2030. The van der Waals surface area contributed by atoms with Crippen molar-refractivity contribution in [3.63, 3.8) is 0 Å². The number of anilines is 1. The number of nitrogens with zero attached hydrogens (tertiary/aromatic N) is 4. The summed E-state index contributed by atoms with van der Waals surface area (Å²) in [6.45, 7) is 8.27. The lowest BCUT2D eigenvalue weighted by Crippen LogP contribution is -2.51. The molecule has 2 aliphatic carbocycles. The molecule has 49 heavy (non-hydrogen) atoms. The summed E-state index contributed by atoms with van der Waals surface area (Å²) in [5.41, 5.74) is 1.57. The van der Waals surface area contributed by atoms with Crippen LogP contribution in [0.25, 0.3) is 32.8 Å². The first-order valence-corrected chi connectivity index (χ1v) is 18.0. The summed E-state index contributed by atoms with van der Waals surface area (Å²) < 4.78 is 39.1. The second-order valence-corrected chi connectivity index (χ2v) is 15.8. The predicted octanol–water partition coefficient (Wildman–Crippen LogP) is 7.12. The van der Waals surface area contributed by atoms with E-state index in [2.05, 4.69) is 21.0 Å². The molecule has 2 unspecified atom stereocenters. The molecule has 0 spiro atoms. The number of likely N-dealkylation sites (tertiary alicyclic amines) is 1. The van der Waals surface area contributed by atoms with Crippen LogP contribution in [0.3, 0.4) is 0 Å². The number of rotatable bonds is 8. The Kier molecular flexibility index (Phi) is 7.30. The molecule has 7 nitrogen and oxygen atoms in total. The minimum Gasteiger partial charge on any atom is -0.508 e. The van der Waals surface area contributed by atoms with Crippen molar-refractivity contribution in [3.05, 3.63) is 53.1 Å². The highest BCUT2D eigenvalue weighted by atomic mass is 19.1. The van der Waals surface area contributed by atoms with E-state index < -0.39 is 11.6 Å². The third-order valence-electron chi connectivity index (χ3n) is 12.1. The normalized spacial score (nSPS) is 25.5. The standard InChI is InChI=1S/C40H43F2N5O2/c1-4-29-33(41)10-6-24-14-28(48)15-31(34(24)29)35-30(22(2)3)16-32-37(36(35)42)44-39(45-38(32)46-18-25-7-8-26(19-46)43-25)49-21-40(11-12-40)20-47-17-23-5-9-27(47)13-23/h1,6,10,14-16,22-23,25-27,43,48H,5,7-9,11-13,17-21H2,2-3H3/t23-,25?,26?,27+/m1/s1. The number of hydrogen-bond acceptors (Lipinski definition) is 7. The number of terminal acetylenes is 1. The summed E-state index contributed by atoms with van der Waals surface area (Å²) in [4.78, 5) is 14.8. The Morgan fingerprint density at radius 3 is 2.53 bits per heavy atom. The maximum absolute atomic E-state index is 17.5. The molecular weight excluding hydrogens is 620 g/mol. The zero-order valence-corrected chi connectivity index (χ0v) is 28.2. The Balaban J connectivity index is 1.18. The van der Waals surface area contributed by atoms with E-state index in [4.69, 9.17) is 21.1 Å². The summed E-state index contributed by atoms with van der Waals surface area (Å²) in [5.74, 6) is 2.70. The minimum absolute atomic E-state index is 0.0337. The van der Waals surface area contributed by atoms with Crippen LogP contribution < -0.4 is 15.0 Å². The summed E-state index contributed by atoms with van der Waals surface area (Å²) in [7, 11) is 0. The third kappa shape index (κ3) is 5.30. The molecule has 5 fully saturated rings. The molecule has 4 atom stereocenters. The van der Waals surface area contributed by atoms with Crippen LogP contribution in [0.1, 0.15) is 75.8 Å². The van der Waals surface area contributed by atoms with E-state index >= 15 is 8.78 Å². The first kappa shape index (κ1) is 31.0. The van der Waals surface area contributed by atoms with Crippen LogP contribution in [-0.4, -0.2) is 70.9 Å². The number of aromatic hydroxyl groups is 1. The molecule has 0 radical (unpaired) electrons. The van der Waals surface area contributed by atoms with Gasteiger partial charge in [-0.05, 0) is 97.6 Å². The van der Waals surface area contributed by atoms with Gasteiger partial charge in [0.25, 0.3) is 0 Å². The molecule has 9 rings (SSSR count). The van der Waals surface area contributed by atoms with Crippen molar-refractivity contribution in [3.8, 4) is 35.2 Å². The Morgan fingerprint density at radius 1 is 1.06 bits per heavy atom. The van der Waals surface area contributed by atoms with Gasteiger partial charge in [0.2, 0.25) is 0 Å². The van der Waals surface area contributed by atoms with Gasteiger partial charge < -0.3 is 20.1 Å². The summed E-state index contributed by atoms with van der Waals surface area (Å²) in [6.07, 6.45) is 14.2. The SMILES string of the molecule is C#Cc1c(F)ccc2cc(O)cc(-c3c(C(C)C)cc4c(N5CC6CCC(C5)N6)nc(OCC5(CN6C[C@@H]7CC[C@H]6C7)CC5)nc4c3F)c12. The summed E-state index contributed by atoms with van der Waals surface area (Å²) in [6, 6.07) is 9.42. The lowest BCUT2D eigenvalue weighted by Gasteiger charge is -2.34. The highest BCUT2D eigenvalue weighted by molar-refractivity contribution is 6.05. The van der Waals surface area contributed by atoms with Gasteiger partial charge >= 0.3 is 6.01 Å². The number of aromatic nitrogens is 2. The number of halogens is 2. The molecule has 2 N–H and O–H groups in total. The lowest BCUT2D eigenvalue weighted by molar-refractivity contribution is 0.130. The monoisotopic (exact) mass is 663 g/mol. The quantitative estimate of drug-likeness (QED) is 0.195. The Hall–Kier alpha value is -4.00. The largest absolute Gasteiger partial charge is 0.508 e. The van der Waals surface area contributed by atoms with Crippen LogP contribution in [0.15, 0.2) is 30.3 Å². The molecule has 3 aliphatic heterocycles. The molecule has 4 aromatic rings. The number of ether oxygens (including phenoxy) is 1. The van der Waals surface area contributed by atoms with Crippen molar-refractivity contribution in [1.82, 2.24) is 20.2 Å². The molecule has 4 heterocycles. The van der Waals surface area contributed by atoms with Crippen molar-refractivity contribution in [2.75, 3.05) is 37.7 Å². The van der Waals surface area contributed by atoms with Crippen LogP contribution in [0.2, 0.25) is 0 Å². The third-order valence-corrected chi connectivity index (χ3v) is 12.1. The van der Waals surface area contributed by atoms with Crippen molar-refractivity contribution >= 4 is 27.5 Å². The number of hydrogen-bond donors (Lipinski definition) is 2. The summed E-state index contributed by atoms with van der Waals surface area (Å²) >= 11 is 0. The van der Waals surface area contributed by atoms with Gasteiger partial charge in [-0.15, -0.1) is 6.42 Å². The number of piperazine rings is 1. The van der Waals surface area contributed by atoms with Gasteiger partial charge in [-0.2, -0.15) is 9.97 Å². The van der Waals surface area contributed by atoms with E-state index in [-0.39, 0.29) is 39.7 Å². The smallest absolute Gasteiger partial charge is 0.319 e. The van der Waals surface area contributed by atoms with Crippen molar-refractivity contribution in [1.29, 1.82) is 0 Å². The van der Waals surface area contributed by atoms with Crippen LogP contribution in [-0.2, 0) is 0 Å². The molecule has 2 saturated carbocycles. The maximum Gasteiger partial charge on any atom is 0.319 e. The Morgan fingerprint density at radius 2 is 1.86 bits per heavy atom. The maximum atomic E-state index is 17.5. The minimum atomic E-state index is -0.571. The van der Waals surface area contributed by atoms with E-state index in [1.807, 2.05) is 19.9 Å². The molecule has 4 bridgehead atoms. The van der Waals surface area contributed by atoms with Crippen LogP contribution in [0.5, 0.6) is 11.8 Å². The topological polar surface area (TPSA) is 73.8 Å². The van der Waals surface area contributed by atoms with E-state index in [9.17, 15) is 5.11 Å². The van der Waals surface area contributed by atoms with Crippen LogP contribution in [0.4, 0.5) is 14.6 Å². The van der Waals surface area contributed by atoms with E-state index in [0.29, 0.717) is 57.8 Å². The number of phenolic OH excluding ortho intramolecular Hbond substituents is 1. The highest BCUT2D eigenvalue weighted by Gasteiger charge is 2.49. The zero-order chi connectivity index (χ0) is 33.6. The highest BCUT2D eigenvalue weighted by Crippen LogP contribution is 2.50. The van der Waals surface area contributed by atoms with Crippen molar-refractivity contribution < 1.29 is 18.6 Å². The lowest BCUT2D eigenvalue weighted by atomic mass is 9.86. The number of phenols is 1. The fourth-order valence-corrected chi connectivity index (χ4v) is 9.37. The molecule has 1 aromatic heterocycles. The van der Waals surface area contributed by atoms with Gasteiger partial charge in [-0.25, -0.2) is 8.78 Å².